The van der Waals surface area contributed by atoms with Crippen molar-refractivity contribution in [2.45, 2.75) is 32.1 Å². The topological polar surface area (TPSA) is 81.9 Å². The van der Waals surface area contributed by atoms with E-state index in [1.54, 1.807) is 30.5 Å². The molecular formula is C25H24FN5O2S. The van der Waals surface area contributed by atoms with Crippen molar-refractivity contribution in [3.8, 4) is 23.0 Å². The lowest BCUT2D eigenvalue weighted by Crippen LogP contribution is -2.25. The Kier molecular flexibility index (Phi) is 7.54. The van der Waals surface area contributed by atoms with E-state index in [2.05, 4.69) is 26.6 Å². The number of carbonyl (C=O) groups is 1. The molecule has 0 aliphatic rings. The molecule has 0 radical (unpaired) electrons. The molecule has 1 N–H and O–H groups in total. The van der Waals surface area contributed by atoms with Crippen LogP contribution in [0.5, 0.6) is 11.6 Å². The molecule has 0 bridgehead atoms. The lowest BCUT2D eigenvalue weighted by Gasteiger charge is -2.11. The molecule has 2 aromatic carbocycles. The summed E-state index contributed by atoms with van der Waals surface area (Å²) in [5.41, 5.74) is 2.82. The minimum absolute atomic E-state index is 0.159. The van der Waals surface area contributed by atoms with Crippen molar-refractivity contribution in [2.75, 3.05) is 5.75 Å². The van der Waals surface area contributed by atoms with Crippen LogP contribution < -0.4 is 10.1 Å². The number of hydrogen-bond donors (Lipinski definition) is 1. The first kappa shape index (κ1) is 23.4. The number of aryl methyl sites for hydroxylation is 1. The zero-order valence-electron chi connectivity index (χ0n) is 18.9. The summed E-state index contributed by atoms with van der Waals surface area (Å²) in [6, 6.07) is 17.5. The number of carbonyl (C=O) groups excluding carboxylic acids is 1. The minimum Gasteiger partial charge on any atom is -0.439 e. The average molecular weight is 478 g/mol. The summed E-state index contributed by atoms with van der Waals surface area (Å²) in [5.74, 6) is 1.06. The van der Waals surface area contributed by atoms with Crippen molar-refractivity contribution in [1.82, 2.24) is 25.1 Å². The van der Waals surface area contributed by atoms with Crippen LogP contribution in [0.3, 0.4) is 0 Å². The van der Waals surface area contributed by atoms with Crippen molar-refractivity contribution < 1.29 is 13.9 Å². The lowest BCUT2D eigenvalue weighted by atomic mass is 10.1. The highest BCUT2D eigenvalue weighted by Crippen LogP contribution is 2.25. The van der Waals surface area contributed by atoms with E-state index in [-0.39, 0.29) is 18.2 Å². The van der Waals surface area contributed by atoms with Gasteiger partial charge in [-0.05, 0) is 38.1 Å². The first-order valence-electron chi connectivity index (χ1n) is 10.8. The minimum atomic E-state index is -0.397. The van der Waals surface area contributed by atoms with Crippen molar-refractivity contribution in [1.29, 1.82) is 0 Å². The molecular weight excluding hydrogens is 453 g/mol. The Balaban J connectivity index is 1.37. The summed E-state index contributed by atoms with van der Waals surface area (Å²) in [6.07, 6.45) is 1.58. The van der Waals surface area contributed by atoms with Crippen molar-refractivity contribution in [3.05, 3.63) is 83.8 Å². The fraction of sp³-hybridized carbons (Fsp3) is 0.200. The fourth-order valence-corrected chi connectivity index (χ4v) is 4.18. The largest absolute Gasteiger partial charge is 0.439 e. The summed E-state index contributed by atoms with van der Waals surface area (Å²) in [6.45, 7) is 4.98. The number of rotatable bonds is 9. The maximum Gasteiger partial charge on any atom is 0.230 e. The van der Waals surface area contributed by atoms with Gasteiger partial charge in [0.15, 0.2) is 11.0 Å². The van der Waals surface area contributed by atoms with Crippen LogP contribution >= 0.6 is 11.8 Å². The molecule has 7 nitrogen and oxygen atoms in total. The van der Waals surface area contributed by atoms with Gasteiger partial charge in [-0.2, -0.15) is 0 Å². The van der Waals surface area contributed by atoms with Gasteiger partial charge in [0.1, 0.15) is 11.6 Å². The van der Waals surface area contributed by atoms with Crippen LogP contribution in [0.1, 0.15) is 18.1 Å². The number of nitrogens with zero attached hydrogens (tertiary/aromatic N) is 4. The number of benzene rings is 2. The van der Waals surface area contributed by atoms with Gasteiger partial charge >= 0.3 is 0 Å². The van der Waals surface area contributed by atoms with E-state index in [4.69, 9.17) is 4.74 Å². The quantitative estimate of drug-likeness (QED) is 0.341. The molecule has 0 spiro atoms. The SMILES string of the molecule is CCn1c(SCC(=O)NCc2cccnc2Oc2cccc(F)c2)nnc1-c1cccc(C)c1. The van der Waals surface area contributed by atoms with Crippen LogP contribution in [0.25, 0.3) is 11.4 Å². The second-order valence-electron chi connectivity index (χ2n) is 7.51. The number of ether oxygens (including phenoxy) is 1. The zero-order valence-corrected chi connectivity index (χ0v) is 19.7. The van der Waals surface area contributed by atoms with Crippen molar-refractivity contribution >= 4 is 17.7 Å². The molecule has 0 aliphatic heterocycles. The third-order valence-corrected chi connectivity index (χ3v) is 5.95. The molecule has 174 valence electrons. The number of nitrogens with one attached hydrogen (secondary N) is 1. The van der Waals surface area contributed by atoms with E-state index >= 15 is 0 Å². The number of amides is 1. The molecule has 9 heteroatoms. The van der Waals surface area contributed by atoms with Crippen molar-refractivity contribution in [3.63, 3.8) is 0 Å². The Morgan fingerprint density at radius 2 is 1.97 bits per heavy atom. The maximum atomic E-state index is 13.4. The second kappa shape index (κ2) is 10.9. The number of aromatic nitrogens is 4. The molecule has 4 rings (SSSR count). The van der Waals surface area contributed by atoms with Crippen LogP contribution in [0.15, 0.2) is 72.0 Å². The van der Waals surface area contributed by atoms with E-state index in [1.807, 2.05) is 36.6 Å². The summed E-state index contributed by atoms with van der Waals surface area (Å²) < 4.78 is 21.2. The Hall–Kier alpha value is -3.72. The van der Waals surface area contributed by atoms with Gasteiger partial charge in [0.05, 0.1) is 5.75 Å². The van der Waals surface area contributed by atoms with E-state index in [0.29, 0.717) is 28.9 Å². The van der Waals surface area contributed by atoms with Gasteiger partial charge in [-0.15, -0.1) is 10.2 Å². The molecule has 0 atom stereocenters. The number of thioether (sulfide) groups is 1. The van der Waals surface area contributed by atoms with Crippen LogP contribution in [-0.4, -0.2) is 31.4 Å². The standard InChI is InChI=1S/C25H24FN5O2S/c1-3-31-23(18-8-4-7-17(2)13-18)29-30-25(31)34-16-22(32)28-15-19-9-6-12-27-24(19)33-21-11-5-10-20(26)14-21/h4-14H,3,15-16H2,1-2H3,(H,28,32). The van der Waals surface area contributed by atoms with E-state index < -0.39 is 5.82 Å². The Morgan fingerprint density at radius 1 is 1.12 bits per heavy atom. The molecule has 0 fully saturated rings. The smallest absolute Gasteiger partial charge is 0.230 e. The highest BCUT2D eigenvalue weighted by Gasteiger charge is 2.15. The predicted molar refractivity (Wildman–Crippen MR) is 129 cm³/mol. The summed E-state index contributed by atoms with van der Waals surface area (Å²) in [5, 5.41) is 12.2. The summed E-state index contributed by atoms with van der Waals surface area (Å²) >= 11 is 1.33. The highest BCUT2D eigenvalue weighted by atomic mass is 32.2. The third kappa shape index (κ3) is 5.79. The lowest BCUT2D eigenvalue weighted by molar-refractivity contribution is -0.118. The first-order chi connectivity index (χ1) is 16.5. The Labute approximate surface area is 201 Å². The molecule has 0 saturated carbocycles. The maximum absolute atomic E-state index is 13.4. The Bertz CT molecular complexity index is 1290. The van der Waals surface area contributed by atoms with Gasteiger partial charge in [0.2, 0.25) is 11.8 Å². The summed E-state index contributed by atoms with van der Waals surface area (Å²) in [7, 11) is 0. The molecule has 34 heavy (non-hydrogen) atoms. The van der Waals surface area contributed by atoms with Crippen LogP contribution in [0, 0.1) is 12.7 Å². The van der Waals surface area contributed by atoms with Gasteiger partial charge in [0.25, 0.3) is 0 Å². The van der Waals surface area contributed by atoms with Gasteiger partial charge in [-0.3, -0.25) is 4.79 Å². The predicted octanol–water partition coefficient (Wildman–Crippen LogP) is 5.01. The number of hydrogen-bond acceptors (Lipinski definition) is 6. The van der Waals surface area contributed by atoms with Crippen LogP contribution in [0.2, 0.25) is 0 Å². The van der Waals surface area contributed by atoms with Gasteiger partial charge in [-0.25, -0.2) is 9.37 Å². The van der Waals surface area contributed by atoms with Crippen LogP contribution in [0.4, 0.5) is 4.39 Å². The molecule has 1 amide bonds. The molecule has 0 saturated heterocycles. The zero-order chi connectivity index (χ0) is 23.9. The van der Waals surface area contributed by atoms with Gasteiger partial charge in [-0.1, -0.05) is 47.7 Å². The number of pyridine rings is 1. The van der Waals surface area contributed by atoms with Gasteiger partial charge in [0, 0.05) is 36.5 Å². The summed E-state index contributed by atoms with van der Waals surface area (Å²) in [4.78, 5) is 16.7. The monoisotopic (exact) mass is 477 g/mol. The molecule has 2 aromatic heterocycles. The molecule has 4 aromatic rings. The number of halogens is 1. The second-order valence-corrected chi connectivity index (χ2v) is 8.45. The third-order valence-electron chi connectivity index (χ3n) is 4.98. The van der Waals surface area contributed by atoms with E-state index in [9.17, 15) is 9.18 Å². The Morgan fingerprint density at radius 3 is 2.76 bits per heavy atom. The van der Waals surface area contributed by atoms with Crippen molar-refractivity contribution in [2.24, 2.45) is 0 Å². The normalized spacial score (nSPS) is 10.8. The first-order valence-corrected chi connectivity index (χ1v) is 11.8. The van der Waals surface area contributed by atoms with E-state index in [1.165, 1.54) is 23.9 Å². The molecule has 2 heterocycles. The van der Waals surface area contributed by atoms with Crippen LogP contribution in [-0.2, 0) is 17.9 Å². The average Bonchev–Trinajstić information content (AvgIpc) is 3.25. The molecule has 0 unspecified atom stereocenters. The molecule has 0 aliphatic carbocycles. The van der Waals surface area contributed by atoms with E-state index in [0.717, 1.165) is 17.0 Å². The highest BCUT2D eigenvalue weighted by molar-refractivity contribution is 7.99. The van der Waals surface area contributed by atoms with Gasteiger partial charge < -0.3 is 14.6 Å². The fourth-order valence-electron chi connectivity index (χ4n) is 3.35.